The van der Waals surface area contributed by atoms with E-state index in [1.807, 2.05) is 0 Å². The lowest BCUT2D eigenvalue weighted by Crippen LogP contribution is -2.51. The van der Waals surface area contributed by atoms with E-state index < -0.39 is 12.0 Å². The maximum Gasteiger partial charge on any atom is 0.321 e. The van der Waals surface area contributed by atoms with Gasteiger partial charge in [-0.05, 0) is 0 Å². The lowest BCUT2D eigenvalue weighted by atomic mass is 10.2. The van der Waals surface area contributed by atoms with E-state index in [2.05, 4.69) is 10.6 Å². The highest BCUT2D eigenvalue weighted by molar-refractivity contribution is 7.99. The minimum atomic E-state index is -0.891. The number of carbonyl (C=O) groups is 3. The maximum atomic E-state index is 11.7. The lowest BCUT2D eigenvalue weighted by molar-refractivity contribution is -0.143. The van der Waals surface area contributed by atoms with Gasteiger partial charge >= 0.3 is 5.97 Å². The second-order valence-corrected chi connectivity index (χ2v) is 5.38. The molecule has 0 saturated carbocycles. The first-order valence-electron chi connectivity index (χ1n) is 6.06. The molecule has 1 atom stereocenters. The quantitative estimate of drug-likeness (QED) is 0.528. The minimum absolute atomic E-state index is 0.0810. The van der Waals surface area contributed by atoms with Crippen molar-refractivity contribution in [3.63, 3.8) is 0 Å². The zero-order valence-corrected chi connectivity index (χ0v) is 11.7. The van der Waals surface area contributed by atoms with Gasteiger partial charge in [-0.25, -0.2) is 0 Å². The van der Waals surface area contributed by atoms with Crippen LogP contribution in [0.25, 0.3) is 0 Å². The van der Waals surface area contributed by atoms with Crippen LogP contribution < -0.4 is 10.6 Å². The zero-order chi connectivity index (χ0) is 14.3. The molecule has 1 unspecified atom stereocenters. The van der Waals surface area contributed by atoms with Gasteiger partial charge in [-0.1, -0.05) is 0 Å². The molecule has 7 nitrogen and oxygen atoms in total. The third-order valence-corrected chi connectivity index (χ3v) is 3.71. The Hall–Kier alpha value is -1.28. The number of carboxylic acid groups (broad SMARTS) is 1. The Morgan fingerprint density at radius 1 is 1.32 bits per heavy atom. The SMILES string of the molecule is CC(=O)NCCNC(=O)CN1CCSCC1C(=O)O. The van der Waals surface area contributed by atoms with Crippen LogP contribution in [0, 0.1) is 0 Å². The summed E-state index contributed by atoms with van der Waals surface area (Å²) in [5, 5.41) is 14.3. The Morgan fingerprint density at radius 3 is 2.63 bits per heavy atom. The first-order chi connectivity index (χ1) is 9.00. The summed E-state index contributed by atoms with van der Waals surface area (Å²) in [6, 6.07) is -0.597. The van der Waals surface area contributed by atoms with Crippen molar-refractivity contribution in [2.75, 3.05) is 37.7 Å². The second-order valence-electron chi connectivity index (χ2n) is 4.23. The van der Waals surface area contributed by atoms with Crippen molar-refractivity contribution < 1.29 is 19.5 Å². The molecule has 3 N–H and O–H groups in total. The minimum Gasteiger partial charge on any atom is -0.480 e. The molecule has 108 valence electrons. The first-order valence-corrected chi connectivity index (χ1v) is 7.22. The van der Waals surface area contributed by atoms with E-state index in [0.717, 1.165) is 5.75 Å². The van der Waals surface area contributed by atoms with Gasteiger partial charge in [0.2, 0.25) is 11.8 Å². The van der Waals surface area contributed by atoms with Gasteiger partial charge in [0.15, 0.2) is 0 Å². The standard InChI is InChI=1S/C11H19N3O4S/c1-8(15)12-2-3-13-10(16)6-14-4-5-19-7-9(14)11(17)18/h9H,2-7H2,1H3,(H,12,15)(H,13,16)(H,17,18). The fourth-order valence-corrected chi connectivity index (χ4v) is 2.84. The molecule has 0 aromatic rings. The molecule has 0 spiro atoms. The van der Waals surface area contributed by atoms with Crippen LogP contribution >= 0.6 is 11.8 Å². The molecule has 1 aliphatic heterocycles. The van der Waals surface area contributed by atoms with E-state index in [4.69, 9.17) is 5.11 Å². The van der Waals surface area contributed by atoms with Gasteiger partial charge in [-0.15, -0.1) is 0 Å². The van der Waals surface area contributed by atoms with E-state index in [-0.39, 0.29) is 18.4 Å². The molecule has 2 amide bonds. The number of hydrogen-bond donors (Lipinski definition) is 3. The number of aliphatic carboxylic acids is 1. The van der Waals surface area contributed by atoms with Crippen LogP contribution in [0.5, 0.6) is 0 Å². The number of carbonyl (C=O) groups excluding carboxylic acids is 2. The predicted molar refractivity (Wildman–Crippen MR) is 72.0 cm³/mol. The van der Waals surface area contributed by atoms with Crippen LogP contribution in [0.15, 0.2) is 0 Å². The third-order valence-electron chi connectivity index (χ3n) is 2.69. The molecule has 1 heterocycles. The molecule has 8 heteroatoms. The first kappa shape index (κ1) is 15.8. The molecule has 0 aromatic carbocycles. The number of carboxylic acids is 1. The Labute approximate surface area is 116 Å². The highest BCUT2D eigenvalue weighted by Crippen LogP contribution is 2.16. The van der Waals surface area contributed by atoms with Crippen molar-refractivity contribution in [2.45, 2.75) is 13.0 Å². The highest BCUT2D eigenvalue weighted by Gasteiger charge is 2.29. The second kappa shape index (κ2) is 8.00. The Morgan fingerprint density at radius 2 is 2.00 bits per heavy atom. The topological polar surface area (TPSA) is 98.7 Å². The zero-order valence-electron chi connectivity index (χ0n) is 10.8. The number of amides is 2. The summed E-state index contributed by atoms with van der Waals surface area (Å²) in [6.07, 6.45) is 0. The molecular formula is C11H19N3O4S. The Bertz CT molecular complexity index is 351. The van der Waals surface area contributed by atoms with Gasteiger partial charge in [0.1, 0.15) is 6.04 Å². The van der Waals surface area contributed by atoms with E-state index in [9.17, 15) is 14.4 Å². The van der Waals surface area contributed by atoms with E-state index in [1.165, 1.54) is 6.92 Å². The predicted octanol–water partition coefficient (Wildman–Crippen LogP) is -1.26. The molecule has 0 radical (unpaired) electrons. The fourth-order valence-electron chi connectivity index (χ4n) is 1.74. The summed E-state index contributed by atoms with van der Waals surface area (Å²) in [4.78, 5) is 35.0. The monoisotopic (exact) mass is 289 g/mol. The third kappa shape index (κ3) is 5.93. The number of nitrogens with one attached hydrogen (secondary N) is 2. The van der Waals surface area contributed by atoms with Crippen molar-refractivity contribution in [1.29, 1.82) is 0 Å². The molecular weight excluding hydrogens is 270 g/mol. The molecule has 0 aliphatic carbocycles. The molecule has 0 aromatic heterocycles. The highest BCUT2D eigenvalue weighted by atomic mass is 32.2. The van der Waals surface area contributed by atoms with Crippen LogP contribution in [0.1, 0.15) is 6.92 Å². The van der Waals surface area contributed by atoms with Crippen molar-refractivity contribution in [3.8, 4) is 0 Å². The maximum absolute atomic E-state index is 11.7. The molecule has 1 saturated heterocycles. The fraction of sp³-hybridized carbons (Fsp3) is 0.727. The largest absolute Gasteiger partial charge is 0.480 e. The van der Waals surface area contributed by atoms with Gasteiger partial charge in [0.05, 0.1) is 6.54 Å². The normalized spacial score (nSPS) is 19.7. The van der Waals surface area contributed by atoms with Crippen molar-refractivity contribution in [2.24, 2.45) is 0 Å². The van der Waals surface area contributed by atoms with Crippen LogP contribution in [0.2, 0.25) is 0 Å². The molecule has 1 rings (SSSR count). The van der Waals surface area contributed by atoms with E-state index in [0.29, 0.717) is 25.4 Å². The summed E-state index contributed by atoms with van der Waals surface area (Å²) in [7, 11) is 0. The Balaban J connectivity index is 2.29. The summed E-state index contributed by atoms with van der Waals surface area (Å²) < 4.78 is 0. The summed E-state index contributed by atoms with van der Waals surface area (Å²) >= 11 is 1.59. The summed E-state index contributed by atoms with van der Waals surface area (Å²) in [6.45, 7) is 2.81. The van der Waals surface area contributed by atoms with Gasteiger partial charge in [0.25, 0.3) is 0 Å². The van der Waals surface area contributed by atoms with Gasteiger partial charge < -0.3 is 15.7 Å². The van der Waals surface area contributed by atoms with Crippen LogP contribution in [-0.4, -0.2) is 71.5 Å². The van der Waals surface area contributed by atoms with Crippen LogP contribution in [0.3, 0.4) is 0 Å². The smallest absolute Gasteiger partial charge is 0.321 e. The van der Waals surface area contributed by atoms with E-state index >= 15 is 0 Å². The molecule has 1 fully saturated rings. The van der Waals surface area contributed by atoms with Gasteiger partial charge in [-0.2, -0.15) is 11.8 Å². The molecule has 0 bridgehead atoms. The Kier molecular flexibility index (Phi) is 6.65. The van der Waals surface area contributed by atoms with Gasteiger partial charge in [0, 0.05) is 38.1 Å². The molecule has 1 aliphatic rings. The van der Waals surface area contributed by atoms with Crippen LogP contribution in [0.4, 0.5) is 0 Å². The van der Waals surface area contributed by atoms with Crippen molar-refractivity contribution in [1.82, 2.24) is 15.5 Å². The van der Waals surface area contributed by atoms with E-state index in [1.54, 1.807) is 16.7 Å². The lowest BCUT2D eigenvalue weighted by Gasteiger charge is -2.31. The van der Waals surface area contributed by atoms with Crippen molar-refractivity contribution in [3.05, 3.63) is 0 Å². The van der Waals surface area contributed by atoms with Crippen molar-refractivity contribution >= 4 is 29.5 Å². The molecule has 19 heavy (non-hydrogen) atoms. The van der Waals surface area contributed by atoms with Gasteiger partial charge in [-0.3, -0.25) is 19.3 Å². The summed E-state index contributed by atoms with van der Waals surface area (Å²) in [5.41, 5.74) is 0. The number of nitrogens with zero attached hydrogens (tertiary/aromatic N) is 1. The average Bonchev–Trinajstić information content (AvgIpc) is 2.35. The average molecular weight is 289 g/mol. The number of rotatable bonds is 6. The summed E-state index contributed by atoms with van der Waals surface area (Å²) in [5.74, 6) is 0.0901. The number of thioether (sulfide) groups is 1. The number of hydrogen-bond acceptors (Lipinski definition) is 5. The van der Waals surface area contributed by atoms with Crippen LogP contribution in [-0.2, 0) is 14.4 Å².